The summed E-state index contributed by atoms with van der Waals surface area (Å²) in [6.07, 6.45) is 2.95. The number of rotatable bonds is 8. The fourth-order valence-corrected chi connectivity index (χ4v) is 1.99. The Kier molecular flexibility index (Phi) is 19.1. The van der Waals surface area contributed by atoms with Crippen molar-refractivity contribution >= 4 is 24.2 Å². The molecular formula is C14H28N6O3Y-2. The van der Waals surface area contributed by atoms with Crippen molar-refractivity contribution in [2.45, 2.75) is 39.2 Å². The van der Waals surface area contributed by atoms with Crippen LogP contribution in [-0.2, 0) is 47.1 Å². The Morgan fingerprint density at radius 1 is 1.33 bits per heavy atom. The molecule has 137 valence electrons. The van der Waals surface area contributed by atoms with Gasteiger partial charge < -0.3 is 37.0 Å². The first-order valence-electron chi connectivity index (χ1n) is 7.30. The van der Waals surface area contributed by atoms with E-state index in [9.17, 15) is 9.59 Å². The van der Waals surface area contributed by atoms with Crippen molar-refractivity contribution in [1.29, 1.82) is 0 Å². The van der Waals surface area contributed by atoms with Crippen LogP contribution in [-0.4, -0.2) is 55.8 Å². The molecule has 0 aromatic heterocycles. The molecule has 3 amide bonds. The Labute approximate surface area is 169 Å². The number of aliphatic imine (C=N–C) groups is 1. The van der Waals surface area contributed by atoms with E-state index >= 15 is 0 Å². The van der Waals surface area contributed by atoms with Gasteiger partial charge in [0.1, 0.15) is 0 Å². The molecule has 0 aromatic carbocycles. The van der Waals surface area contributed by atoms with Gasteiger partial charge in [0.05, 0.1) is 11.9 Å². The molecule has 0 saturated carbocycles. The summed E-state index contributed by atoms with van der Waals surface area (Å²) in [6.45, 7) is 4.21. The minimum atomic E-state index is -0.479. The Bertz CT molecular complexity index is 402. The van der Waals surface area contributed by atoms with E-state index < -0.39 is 6.04 Å². The second-order valence-corrected chi connectivity index (χ2v) is 4.90. The molecule has 6 N–H and O–H groups in total. The Balaban J connectivity index is -0.00000102. The predicted octanol–water partition coefficient (Wildman–Crippen LogP) is -0.547. The third-order valence-electron chi connectivity index (χ3n) is 3.22. The van der Waals surface area contributed by atoms with Gasteiger partial charge in [0.15, 0.2) is 5.96 Å². The van der Waals surface area contributed by atoms with Crippen LogP contribution in [0, 0.1) is 5.92 Å². The largest absolute Gasteiger partial charge is 0.654 e. The van der Waals surface area contributed by atoms with Crippen molar-refractivity contribution in [2.75, 3.05) is 20.6 Å². The molecule has 0 aliphatic heterocycles. The van der Waals surface area contributed by atoms with Crippen LogP contribution in [0.2, 0.25) is 0 Å². The maximum absolute atomic E-state index is 12.2. The van der Waals surface area contributed by atoms with E-state index in [0.717, 1.165) is 12.8 Å². The molecule has 24 heavy (non-hydrogen) atoms. The van der Waals surface area contributed by atoms with Crippen molar-refractivity contribution in [1.82, 2.24) is 4.90 Å². The molecule has 0 aliphatic rings. The summed E-state index contributed by atoms with van der Waals surface area (Å²) in [4.78, 5) is 37.7. The number of carbonyl (C=O) groups is 2. The molecule has 1 radical (unpaired) electrons. The van der Waals surface area contributed by atoms with E-state index in [2.05, 4.69) is 16.0 Å². The monoisotopic (exact) mass is 417 g/mol. The fourth-order valence-electron chi connectivity index (χ4n) is 1.99. The molecule has 0 spiro atoms. The summed E-state index contributed by atoms with van der Waals surface area (Å²) in [5.74, 6) is -0.440. The zero-order chi connectivity index (χ0) is 18.4. The number of carbonyl (C=O) groups excluding carboxylic acids is 3. The van der Waals surface area contributed by atoms with Gasteiger partial charge in [0.25, 0.3) is 0 Å². The summed E-state index contributed by atoms with van der Waals surface area (Å²) in [6, 6.07) is -0.479. The number of guanidine groups is 1. The molecule has 9 nitrogen and oxygen atoms in total. The molecule has 10 heteroatoms. The first-order chi connectivity index (χ1) is 10.8. The van der Waals surface area contributed by atoms with Crippen LogP contribution >= 0.6 is 0 Å². The van der Waals surface area contributed by atoms with Gasteiger partial charge in [-0.15, -0.1) is 7.05 Å². The van der Waals surface area contributed by atoms with E-state index in [1.807, 2.05) is 13.8 Å². The minimum absolute atomic E-state index is 0. The Morgan fingerprint density at radius 3 is 2.21 bits per heavy atom. The van der Waals surface area contributed by atoms with Gasteiger partial charge in [-0.05, 0) is 19.3 Å². The number of hydrogen-bond acceptors (Lipinski definition) is 4. The van der Waals surface area contributed by atoms with Gasteiger partial charge >= 0.3 is 0 Å². The predicted molar refractivity (Wildman–Crippen MR) is 90.1 cm³/mol. The van der Waals surface area contributed by atoms with Crippen molar-refractivity contribution in [3.8, 4) is 0 Å². The van der Waals surface area contributed by atoms with Gasteiger partial charge in [-0.25, -0.2) is 0 Å². The Morgan fingerprint density at radius 2 is 1.83 bits per heavy atom. The number of nitrogens with two attached hydrogens (primary N) is 3. The maximum atomic E-state index is 12.2. The smallest absolute Gasteiger partial charge is 0.225 e. The van der Waals surface area contributed by atoms with E-state index in [-0.39, 0.29) is 56.4 Å². The second-order valence-electron chi connectivity index (χ2n) is 4.90. The van der Waals surface area contributed by atoms with Crippen LogP contribution in [0.15, 0.2) is 4.99 Å². The average Bonchev–Trinajstić information content (AvgIpc) is 2.51. The van der Waals surface area contributed by atoms with Crippen LogP contribution in [0.5, 0.6) is 0 Å². The molecule has 0 saturated heterocycles. The van der Waals surface area contributed by atoms with Crippen LogP contribution in [0.3, 0.4) is 0 Å². The summed E-state index contributed by atoms with van der Waals surface area (Å²) in [5, 5.41) is 3.64. The topological polar surface area (TPSA) is 159 Å². The van der Waals surface area contributed by atoms with Gasteiger partial charge in [0.2, 0.25) is 5.91 Å². The molecule has 2 atom stereocenters. The summed E-state index contributed by atoms with van der Waals surface area (Å²) in [5.41, 5.74) is 14.5. The quantitative estimate of drug-likeness (QED) is 0.159. The van der Waals surface area contributed by atoms with E-state index in [1.54, 1.807) is 7.05 Å². The summed E-state index contributed by atoms with van der Waals surface area (Å²) in [7, 11) is 3.09. The van der Waals surface area contributed by atoms with Crippen LogP contribution < -0.4 is 17.2 Å². The van der Waals surface area contributed by atoms with Crippen molar-refractivity contribution < 1.29 is 47.1 Å². The summed E-state index contributed by atoms with van der Waals surface area (Å²) < 4.78 is 0. The SMILES string of the molecule is CC[C@@H](C(=O)[N-]C)N(C)C(=O)[C@@H](C)CCCN=C(N)N.N[C-]=O.[Y]. The third-order valence-corrected chi connectivity index (χ3v) is 3.22. The van der Waals surface area contributed by atoms with Crippen LogP contribution in [0.4, 0.5) is 0 Å². The maximum Gasteiger partial charge on any atom is 0.225 e. The van der Waals surface area contributed by atoms with Gasteiger partial charge in [-0.1, -0.05) is 13.8 Å². The second kappa shape index (κ2) is 16.6. The molecular weight excluding hydrogens is 389 g/mol. The fraction of sp³-hybridized carbons (Fsp3) is 0.714. The van der Waals surface area contributed by atoms with Crippen molar-refractivity contribution in [3.05, 3.63) is 5.32 Å². The third kappa shape index (κ3) is 12.2. The van der Waals surface area contributed by atoms with Gasteiger partial charge in [-0.2, -0.15) is 6.41 Å². The first kappa shape index (κ1) is 27.6. The number of hydrogen-bond donors (Lipinski definition) is 3. The van der Waals surface area contributed by atoms with Gasteiger partial charge in [0, 0.05) is 52.2 Å². The number of nitrogens with zero attached hydrogens (tertiary/aromatic N) is 3. The number of amides is 3. The van der Waals surface area contributed by atoms with Crippen LogP contribution in [0.1, 0.15) is 33.1 Å². The minimum Gasteiger partial charge on any atom is -0.654 e. The van der Waals surface area contributed by atoms with Crippen molar-refractivity contribution in [3.63, 3.8) is 0 Å². The normalized spacial score (nSPS) is 11.5. The molecule has 0 aliphatic carbocycles. The molecule has 0 fully saturated rings. The van der Waals surface area contributed by atoms with Crippen molar-refractivity contribution in [2.24, 2.45) is 28.1 Å². The summed E-state index contributed by atoms with van der Waals surface area (Å²) >= 11 is 0. The molecule has 0 unspecified atom stereocenters. The molecule has 0 heterocycles. The standard InChI is InChI=1S/C13H27N5O2.CH2NO.Y/c1-5-10(11(19)16-3)18(4)12(20)9(2)7-6-8-17-13(14)15;2-1-3;/h9-10H,5-8H2,1-4H3,(H5,14,15,16,17,19);(H2,2,3);/q;-1;/p-1/t9-,10-;;/m0../s1. The van der Waals surface area contributed by atoms with E-state index in [0.29, 0.717) is 19.4 Å². The van der Waals surface area contributed by atoms with Crippen LogP contribution in [0.25, 0.3) is 5.32 Å². The van der Waals surface area contributed by atoms with Gasteiger partial charge in [-0.3, -0.25) is 9.79 Å². The first-order valence-corrected chi connectivity index (χ1v) is 7.30. The zero-order valence-electron chi connectivity index (χ0n) is 14.9. The Hall–Kier alpha value is -1.22. The number of primary amides is 1. The molecule has 0 bridgehead atoms. The number of likely N-dealkylation sites (N-methyl/N-ethyl adjacent to an activating group) is 2. The molecule has 0 aromatic rings. The molecule has 0 rings (SSSR count). The average molecular weight is 417 g/mol. The van der Waals surface area contributed by atoms with E-state index in [4.69, 9.17) is 16.3 Å². The zero-order valence-corrected chi connectivity index (χ0v) is 17.7. The van der Waals surface area contributed by atoms with E-state index in [1.165, 1.54) is 11.9 Å².